The van der Waals surface area contributed by atoms with Crippen LogP contribution in [0.2, 0.25) is 5.02 Å². The lowest BCUT2D eigenvalue weighted by Crippen LogP contribution is -2.34. The van der Waals surface area contributed by atoms with Crippen molar-refractivity contribution >= 4 is 51.6 Å². The summed E-state index contributed by atoms with van der Waals surface area (Å²) in [4.78, 5) is 14.2. The molecular formula is C28H30ClN5O2S. The molecule has 0 spiro atoms. The van der Waals surface area contributed by atoms with E-state index in [0.717, 1.165) is 12.1 Å². The van der Waals surface area contributed by atoms with E-state index in [1.165, 1.54) is 18.4 Å². The van der Waals surface area contributed by atoms with E-state index in [1.807, 2.05) is 12.1 Å². The molecule has 0 aliphatic rings. The highest BCUT2D eigenvalue weighted by molar-refractivity contribution is 7.80. The highest BCUT2D eigenvalue weighted by Gasteiger charge is 2.13. The Hall–Kier alpha value is -3.49. The Labute approximate surface area is 227 Å². The predicted octanol–water partition coefficient (Wildman–Crippen LogP) is 6.58. The number of aryl methyl sites for hydroxylation is 1. The summed E-state index contributed by atoms with van der Waals surface area (Å²) in [5, 5.41) is 15.4. The van der Waals surface area contributed by atoms with Crippen LogP contribution in [0.25, 0.3) is 16.7 Å². The van der Waals surface area contributed by atoms with Gasteiger partial charge in [-0.25, -0.2) is 0 Å². The Morgan fingerprint density at radius 2 is 1.73 bits per heavy atom. The second-order valence-electron chi connectivity index (χ2n) is 9.22. The van der Waals surface area contributed by atoms with Crippen molar-refractivity contribution in [2.75, 3.05) is 11.9 Å². The maximum Gasteiger partial charge on any atom is 0.257 e. The molecule has 0 aliphatic carbocycles. The number of ether oxygens (including phenoxy) is 1. The Kier molecular flexibility index (Phi) is 8.74. The van der Waals surface area contributed by atoms with E-state index >= 15 is 0 Å². The number of halogens is 1. The maximum absolute atomic E-state index is 12.6. The third kappa shape index (κ3) is 7.05. The third-order valence-electron chi connectivity index (χ3n) is 5.63. The van der Waals surface area contributed by atoms with Crippen molar-refractivity contribution in [3.8, 4) is 11.4 Å². The molecule has 0 aliphatic heterocycles. The largest absolute Gasteiger partial charge is 0.493 e. The number of carbonyl (C=O) groups excluding carboxylic acids is 1. The minimum absolute atomic E-state index is 0.126. The average molecular weight is 536 g/mol. The molecule has 192 valence electrons. The zero-order chi connectivity index (χ0) is 26.4. The van der Waals surface area contributed by atoms with E-state index < -0.39 is 0 Å². The van der Waals surface area contributed by atoms with Crippen LogP contribution in [-0.4, -0.2) is 32.6 Å². The van der Waals surface area contributed by atoms with Crippen molar-refractivity contribution in [2.45, 2.75) is 40.0 Å². The summed E-state index contributed by atoms with van der Waals surface area (Å²) in [6, 6.07) is 18.6. The minimum atomic E-state index is -0.335. The zero-order valence-electron chi connectivity index (χ0n) is 21.1. The lowest BCUT2D eigenvalue weighted by Gasteiger charge is -2.12. The normalized spacial score (nSPS) is 11.1. The number of amides is 1. The highest BCUT2D eigenvalue weighted by Crippen LogP contribution is 2.27. The Morgan fingerprint density at radius 1 is 1.05 bits per heavy atom. The predicted molar refractivity (Wildman–Crippen MR) is 153 cm³/mol. The van der Waals surface area contributed by atoms with E-state index in [-0.39, 0.29) is 11.0 Å². The number of rotatable bonds is 9. The number of anilines is 1. The number of hydrogen-bond donors (Lipinski definition) is 2. The summed E-state index contributed by atoms with van der Waals surface area (Å²) in [5.74, 6) is 0.800. The zero-order valence-corrected chi connectivity index (χ0v) is 22.7. The van der Waals surface area contributed by atoms with Crippen molar-refractivity contribution in [3.05, 3.63) is 76.8 Å². The van der Waals surface area contributed by atoms with E-state index in [1.54, 1.807) is 41.2 Å². The van der Waals surface area contributed by atoms with Crippen LogP contribution in [-0.2, 0) is 6.42 Å². The van der Waals surface area contributed by atoms with Crippen LogP contribution in [0.1, 0.15) is 49.5 Å². The van der Waals surface area contributed by atoms with Crippen molar-refractivity contribution in [2.24, 2.45) is 5.92 Å². The molecule has 4 aromatic rings. The number of carbonyl (C=O) groups is 1. The van der Waals surface area contributed by atoms with Crippen LogP contribution in [0.15, 0.2) is 60.7 Å². The molecule has 0 saturated heterocycles. The van der Waals surface area contributed by atoms with Crippen molar-refractivity contribution in [3.63, 3.8) is 0 Å². The van der Waals surface area contributed by atoms with Crippen LogP contribution in [0.4, 0.5) is 5.69 Å². The number of thiocarbonyl (C=S) groups is 1. The molecular weight excluding hydrogens is 506 g/mol. The second-order valence-corrected chi connectivity index (χ2v) is 10.0. The first-order chi connectivity index (χ1) is 17.8. The molecule has 1 aromatic heterocycles. The van der Waals surface area contributed by atoms with Gasteiger partial charge in [0.15, 0.2) is 5.11 Å². The third-order valence-corrected chi connectivity index (χ3v) is 6.15. The monoisotopic (exact) mass is 535 g/mol. The van der Waals surface area contributed by atoms with Gasteiger partial charge in [-0.3, -0.25) is 10.1 Å². The summed E-state index contributed by atoms with van der Waals surface area (Å²) >= 11 is 11.8. The number of nitrogens with zero attached hydrogens (tertiary/aromatic N) is 3. The van der Waals surface area contributed by atoms with Crippen LogP contribution in [0.3, 0.4) is 0 Å². The SMILES string of the molecule is CCCCc1ccc(-n2nc3cc(Cl)c(NC(=S)NC(=O)c4ccc(OCC(C)C)cc4)cc3n2)cc1. The van der Waals surface area contributed by atoms with E-state index in [2.05, 4.69) is 53.7 Å². The fourth-order valence-corrected chi connectivity index (χ4v) is 4.03. The van der Waals surface area contributed by atoms with Gasteiger partial charge in [-0.2, -0.15) is 4.80 Å². The Balaban J connectivity index is 1.41. The summed E-state index contributed by atoms with van der Waals surface area (Å²) in [6.45, 7) is 6.96. The molecule has 9 heteroatoms. The smallest absolute Gasteiger partial charge is 0.257 e. The topological polar surface area (TPSA) is 81.1 Å². The number of hydrogen-bond acceptors (Lipinski definition) is 5. The van der Waals surface area contributed by atoms with E-state index in [0.29, 0.717) is 45.6 Å². The molecule has 0 bridgehead atoms. The molecule has 0 saturated carbocycles. The van der Waals surface area contributed by atoms with Crippen molar-refractivity contribution < 1.29 is 9.53 Å². The lowest BCUT2D eigenvalue weighted by molar-refractivity contribution is 0.0977. The van der Waals surface area contributed by atoms with Gasteiger partial charge in [0.05, 0.1) is 23.0 Å². The van der Waals surface area contributed by atoms with Gasteiger partial charge in [-0.15, -0.1) is 10.2 Å². The molecule has 0 unspecified atom stereocenters. The molecule has 0 radical (unpaired) electrons. The summed E-state index contributed by atoms with van der Waals surface area (Å²) in [6.07, 6.45) is 3.39. The van der Waals surface area contributed by atoms with Crippen molar-refractivity contribution in [1.29, 1.82) is 0 Å². The first-order valence-electron chi connectivity index (χ1n) is 12.3. The quantitative estimate of drug-likeness (QED) is 0.236. The first-order valence-corrected chi connectivity index (χ1v) is 13.1. The molecule has 37 heavy (non-hydrogen) atoms. The van der Waals surface area contributed by atoms with Gasteiger partial charge in [0.25, 0.3) is 5.91 Å². The fourth-order valence-electron chi connectivity index (χ4n) is 3.62. The first kappa shape index (κ1) is 26.6. The van der Waals surface area contributed by atoms with Crippen LogP contribution >= 0.6 is 23.8 Å². The number of aromatic nitrogens is 3. The summed E-state index contributed by atoms with van der Waals surface area (Å²) in [7, 11) is 0. The number of benzene rings is 3. The molecule has 7 nitrogen and oxygen atoms in total. The minimum Gasteiger partial charge on any atom is -0.493 e. The number of nitrogens with one attached hydrogen (secondary N) is 2. The number of fused-ring (bicyclic) bond motifs is 1. The maximum atomic E-state index is 12.6. The standard InChI is InChI=1S/C28H30ClN5O2S/c1-4-5-6-19-7-11-21(12-8-19)34-32-25-15-23(29)24(16-26(25)33-34)30-28(37)31-27(35)20-9-13-22(14-10-20)36-17-18(2)3/h7-16,18H,4-6,17H2,1-3H3,(H2,30,31,35,37). The molecule has 3 aromatic carbocycles. The van der Waals surface area contributed by atoms with Gasteiger partial charge in [-0.1, -0.05) is 50.9 Å². The molecule has 2 N–H and O–H groups in total. The Bertz CT molecular complexity index is 1380. The molecule has 1 amide bonds. The van der Waals surface area contributed by atoms with Crippen LogP contribution in [0.5, 0.6) is 5.75 Å². The van der Waals surface area contributed by atoms with Crippen LogP contribution in [0, 0.1) is 5.92 Å². The van der Waals surface area contributed by atoms with E-state index in [9.17, 15) is 4.79 Å². The number of unbranched alkanes of at least 4 members (excludes halogenated alkanes) is 1. The van der Waals surface area contributed by atoms with Crippen LogP contribution < -0.4 is 15.4 Å². The molecule has 0 atom stereocenters. The van der Waals surface area contributed by atoms with Gasteiger partial charge >= 0.3 is 0 Å². The Morgan fingerprint density at radius 3 is 2.38 bits per heavy atom. The fraction of sp³-hybridized carbons (Fsp3) is 0.286. The molecule has 1 heterocycles. The van der Waals surface area contributed by atoms with Crippen molar-refractivity contribution in [1.82, 2.24) is 20.3 Å². The van der Waals surface area contributed by atoms with E-state index in [4.69, 9.17) is 28.6 Å². The second kappa shape index (κ2) is 12.2. The average Bonchev–Trinajstić information content (AvgIpc) is 3.29. The molecule has 0 fully saturated rings. The van der Waals surface area contributed by atoms with Gasteiger partial charge < -0.3 is 10.1 Å². The molecule has 4 rings (SSSR count). The van der Waals surface area contributed by atoms with Gasteiger partial charge in [0, 0.05) is 5.56 Å². The lowest BCUT2D eigenvalue weighted by atomic mass is 10.1. The summed E-state index contributed by atoms with van der Waals surface area (Å²) < 4.78 is 5.66. The van der Waals surface area contributed by atoms with Gasteiger partial charge in [0.2, 0.25) is 0 Å². The summed E-state index contributed by atoms with van der Waals surface area (Å²) in [5.41, 5.74) is 4.45. The highest BCUT2D eigenvalue weighted by atomic mass is 35.5. The van der Waals surface area contributed by atoms with Gasteiger partial charge in [0.1, 0.15) is 16.8 Å². The van der Waals surface area contributed by atoms with Gasteiger partial charge in [-0.05, 0) is 85.1 Å².